The summed E-state index contributed by atoms with van der Waals surface area (Å²) in [7, 11) is 0. The van der Waals surface area contributed by atoms with E-state index in [0.29, 0.717) is 0 Å². The van der Waals surface area contributed by atoms with Crippen molar-refractivity contribution in [1.29, 1.82) is 0 Å². The van der Waals surface area contributed by atoms with Gasteiger partial charge in [0.2, 0.25) is 0 Å². The molecule has 0 saturated heterocycles. The number of benzene rings is 1. The third-order valence-corrected chi connectivity index (χ3v) is 1.12. The fourth-order valence-electron chi connectivity index (χ4n) is 0.557. The third-order valence-electron chi connectivity index (χ3n) is 1.12. The zero-order valence-corrected chi connectivity index (χ0v) is 6.72. The van der Waals surface area contributed by atoms with Gasteiger partial charge in [-0.05, 0) is 10.4 Å². The molecular formula is C10H14. The van der Waals surface area contributed by atoms with Crippen molar-refractivity contribution in [3.63, 3.8) is 0 Å². The van der Waals surface area contributed by atoms with E-state index in [1.807, 2.05) is 38.1 Å². The second kappa shape index (κ2) is 4.80. The molecule has 10 heavy (non-hydrogen) atoms. The SMILES string of the molecule is C=c1ccccc1=C.CC. The summed E-state index contributed by atoms with van der Waals surface area (Å²) >= 11 is 0. The van der Waals surface area contributed by atoms with E-state index in [1.165, 1.54) is 0 Å². The Morgan fingerprint density at radius 3 is 1.40 bits per heavy atom. The van der Waals surface area contributed by atoms with Gasteiger partial charge in [0.1, 0.15) is 0 Å². The van der Waals surface area contributed by atoms with Crippen LogP contribution in [0.3, 0.4) is 0 Å². The molecule has 0 spiro atoms. The van der Waals surface area contributed by atoms with E-state index in [-0.39, 0.29) is 0 Å². The molecule has 0 amide bonds. The second-order valence-electron chi connectivity index (χ2n) is 1.77. The van der Waals surface area contributed by atoms with Crippen molar-refractivity contribution < 1.29 is 0 Å². The van der Waals surface area contributed by atoms with Gasteiger partial charge >= 0.3 is 0 Å². The first-order valence-electron chi connectivity index (χ1n) is 3.53. The molecule has 0 unspecified atom stereocenters. The lowest BCUT2D eigenvalue weighted by atomic mass is 10.3. The van der Waals surface area contributed by atoms with Gasteiger partial charge in [-0.3, -0.25) is 0 Å². The molecule has 0 saturated carbocycles. The summed E-state index contributed by atoms with van der Waals surface area (Å²) in [4.78, 5) is 0. The van der Waals surface area contributed by atoms with E-state index < -0.39 is 0 Å². The summed E-state index contributed by atoms with van der Waals surface area (Å²) in [5.41, 5.74) is 0. The monoisotopic (exact) mass is 134 g/mol. The first kappa shape index (κ1) is 8.96. The summed E-state index contributed by atoms with van der Waals surface area (Å²) in [6, 6.07) is 7.80. The molecule has 0 heteroatoms. The Morgan fingerprint density at radius 1 is 0.900 bits per heavy atom. The van der Waals surface area contributed by atoms with Gasteiger partial charge in [-0.25, -0.2) is 0 Å². The Hall–Kier alpha value is -1.04. The van der Waals surface area contributed by atoms with E-state index in [2.05, 4.69) is 13.2 Å². The Balaban J connectivity index is 0.000000371. The lowest BCUT2D eigenvalue weighted by Gasteiger charge is -1.79. The van der Waals surface area contributed by atoms with Gasteiger partial charge in [0.15, 0.2) is 0 Å². The molecule has 0 aliphatic rings. The van der Waals surface area contributed by atoms with Crippen LogP contribution in [0.4, 0.5) is 0 Å². The first-order chi connectivity index (χ1) is 4.80. The average Bonchev–Trinajstić information content (AvgIpc) is 2.00. The maximum absolute atomic E-state index is 3.76. The smallest absolute Gasteiger partial charge is 0.0262 e. The van der Waals surface area contributed by atoms with E-state index in [9.17, 15) is 0 Å². The molecular weight excluding hydrogens is 120 g/mol. The Morgan fingerprint density at radius 2 is 1.20 bits per heavy atom. The Labute approximate surface area is 62.5 Å². The molecule has 0 nitrogen and oxygen atoms in total. The lowest BCUT2D eigenvalue weighted by Crippen LogP contribution is -2.19. The molecule has 54 valence electrons. The first-order valence-corrected chi connectivity index (χ1v) is 3.53. The number of rotatable bonds is 0. The summed E-state index contributed by atoms with van der Waals surface area (Å²) in [6.07, 6.45) is 0. The van der Waals surface area contributed by atoms with Gasteiger partial charge in [-0.15, -0.1) is 0 Å². The van der Waals surface area contributed by atoms with E-state index in [1.54, 1.807) is 0 Å². The van der Waals surface area contributed by atoms with Crippen LogP contribution in [0.25, 0.3) is 13.2 Å². The van der Waals surface area contributed by atoms with Crippen LogP contribution in [-0.4, -0.2) is 0 Å². The maximum atomic E-state index is 3.76. The van der Waals surface area contributed by atoms with Crippen molar-refractivity contribution in [3.8, 4) is 0 Å². The predicted octanol–water partition coefficient (Wildman–Crippen LogP) is 1.53. The topological polar surface area (TPSA) is 0 Å². The fourth-order valence-corrected chi connectivity index (χ4v) is 0.557. The van der Waals surface area contributed by atoms with Gasteiger partial charge in [0.25, 0.3) is 0 Å². The summed E-state index contributed by atoms with van der Waals surface area (Å²) in [6.45, 7) is 11.5. The molecule has 1 aromatic rings. The van der Waals surface area contributed by atoms with Gasteiger partial charge in [-0.1, -0.05) is 51.3 Å². The van der Waals surface area contributed by atoms with Crippen molar-refractivity contribution in [2.45, 2.75) is 13.8 Å². The van der Waals surface area contributed by atoms with E-state index in [4.69, 9.17) is 0 Å². The molecule has 0 N–H and O–H groups in total. The minimum absolute atomic E-state index is 1.01. The van der Waals surface area contributed by atoms with Crippen molar-refractivity contribution in [1.82, 2.24) is 0 Å². The van der Waals surface area contributed by atoms with Crippen LogP contribution in [0, 0.1) is 0 Å². The normalized spacial score (nSPS) is 7.80. The third kappa shape index (κ3) is 2.49. The summed E-state index contributed by atoms with van der Waals surface area (Å²) in [5.74, 6) is 0. The molecule has 1 aromatic carbocycles. The van der Waals surface area contributed by atoms with Crippen molar-refractivity contribution in [3.05, 3.63) is 34.7 Å². The zero-order valence-electron chi connectivity index (χ0n) is 6.72. The van der Waals surface area contributed by atoms with Crippen LogP contribution < -0.4 is 10.4 Å². The highest BCUT2D eigenvalue weighted by atomic mass is 13.8. The van der Waals surface area contributed by atoms with Crippen molar-refractivity contribution in [2.24, 2.45) is 0 Å². The largest absolute Gasteiger partial charge is 0.0912 e. The quantitative estimate of drug-likeness (QED) is 0.505. The molecule has 0 aromatic heterocycles. The molecule has 0 bridgehead atoms. The summed E-state index contributed by atoms with van der Waals surface area (Å²) < 4.78 is 0. The van der Waals surface area contributed by atoms with Gasteiger partial charge in [0, 0.05) is 0 Å². The van der Waals surface area contributed by atoms with Crippen LogP contribution in [0.1, 0.15) is 13.8 Å². The predicted molar refractivity (Wildman–Crippen MR) is 48.1 cm³/mol. The van der Waals surface area contributed by atoms with Crippen LogP contribution in [0.2, 0.25) is 0 Å². The van der Waals surface area contributed by atoms with Gasteiger partial charge in [0.05, 0.1) is 0 Å². The van der Waals surface area contributed by atoms with Crippen LogP contribution in [-0.2, 0) is 0 Å². The highest BCUT2D eigenvalue weighted by Gasteiger charge is 1.71. The lowest BCUT2D eigenvalue weighted by molar-refractivity contribution is 1.50. The molecule has 0 aliphatic carbocycles. The fraction of sp³-hybridized carbons (Fsp3) is 0.200. The zero-order chi connectivity index (χ0) is 7.98. The summed E-state index contributed by atoms with van der Waals surface area (Å²) in [5, 5.41) is 2.01. The van der Waals surface area contributed by atoms with Crippen LogP contribution >= 0.6 is 0 Å². The van der Waals surface area contributed by atoms with Gasteiger partial charge < -0.3 is 0 Å². The van der Waals surface area contributed by atoms with E-state index >= 15 is 0 Å². The molecule has 0 radical (unpaired) electrons. The highest BCUT2D eigenvalue weighted by Crippen LogP contribution is 1.66. The molecule has 0 heterocycles. The molecule has 1 rings (SSSR count). The number of hydrogen-bond acceptors (Lipinski definition) is 0. The second-order valence-corrected chi connectivity index (χ2v) is 1.77. The Bertz CT molecular complexity index is 231. The molecule has 0 atom stereocenters. The molecule has 0 aliphatic heterocycles. The standard InChI is InChI=1S/C8H8.C2H6/c1-7-5-3-4-6-8(7)2;1-2/h3-6H,1-2H2;1-2H3. The van der Waals surface area contributed by atoms with E-state index in [0.717, 1.165) is 10.4 Å². The Kier molecular flexibility index (Phi) is 4.30. The minimum Gasteiger partial charge on any atom is -0.0912 e. The van der Waals surface area contributed by atoms with Crippen molar-refractivity contribution >= 4 is 13.2 Å². The van der Waals surface area contributed by atoms with Crippen LogP contribution in [0.15, 0.2) is 24.3 Å². The van der Waals surface area contributed by atoms with Gasteiger partial charge in [-0.2, -0.15) is 0 Å². The van der Waals surface area contributed by atoms with Crippen molar-refractivity contribution in [2.75, 3.05) is 0 Å². The number of hydrogen-bond donors (Lipinski definition) is 0. The minimum atomic E-state index is 1.01. The molecule has 0 fully saturated rings. The van der Waals surface area contributed by atoms with Crippen LogP contribution in [0.5, 0.6) is 0 Å². The average molecular weight is 134 g/mol. The maximum Gasteiger partial charge on any atom is -0.0262 e. The highest BCUT2D eigenvalue weighted by molar-refractivity contribution is 5.15.